The molecule has 16 atom stereocenters. The zero-order valence-electron chi connectivity index (χ0n) is 28.1. The van der Waals surface area contributed by atoms with Gasteiger partial charge in [-0.2, -0.15) is 0 Å². The first-order valence-corrected chi connectivity index (χ1v) is 16.6. The van der Waals surface area contributed by atoms with Crippen molar-refractivity contribution >= 4 is 17.9 Å². The summed E-state index contributed by atoms with van der Waals surface area (Å²) in [7, 11) is 1.13. The monoisotopic (exact) mass is 676 g/mol. The zero-order valence-corrected chi connectivity index (χ0v) is 28.1. The van der Waals surface area contributed by atoms with Crippen LogP contribution in [-0.2, 0) is 52.3 Å². The van der Waals surface area contributed by atoms with Crippen LogP contribution in [-0.4, -0.2) is 113 Å². The van der Waals surface area contributed by atoms with Gasteiger partial charge in [0.2, 0.25) is 6.29 Å². The number of allylic oxidation sites excluding steroid dienone is 1. The lowest BCUT2D eigenvalue weighted by Gasteiger charge is -2.66. The van der Waals surface area contributed by atoms with Gasteiger partial charge in [0.15, 0.2) is 5.60 Å². The smallest absolute Gasteiger partial charge is 0.366 e. The van der Waals surface area contributed by atoms with Crippen molar-refractivity contribution in [2.24, 2.45) is 34.0 Å². The molecular weight excluding hydrogens is 632 g/mol. The number of fused-ring (bicyclic) bond motifs is 7. The van der Waals surface area contributed by atoms with E-state index in [4.69, 9.17) is 37.9 Å². The van der Waals surface area contributed by atoms with Gasteiger partial charge in [0.05, 0.1) is 44.9 Å². The molecule has 8 aliphatic rings. The molecule has 264 valence electrons. The fourth-order valence-corrected chi connectivity index (χ4v) is 12.0. The second kappa shape index (κ2) is 9.59. The lowest BCUT2D eigenvalue weighted by atomic mass is 9.37. The van der Waals surface area contributed by atoms with E-state index in [1.165, 1.54) is 13.2 Å². The molecule has 1 spiro atoms. The largest absolute Gasteiger partial charge is 0.469 e. The highest BCUT2D eigenvalue weighted by Crippen LogP contribution is 2.82. The molecule has 14 heteroatoms. The van der Waals surface area contributed by atoms with Crippen molar-refractivity contribution in [1.29, 1.82) is 0 Å². The lowest BCUT2D eigenvalue weighted by Crippen LogP contribution is -2.78. The van der Waals surface area contributed by atoms with E-state index in [-0.39, 0.29) is 19.6 Å². The molecule has 3 saturated carbocycles. The average molecular weight is 677 g/mol. The maximum atomic E-state index is 13.8. The predicted octanol–water partition coefficient (Wildman–Crippen LogP) is 0.644. The van der Waals surface area contributed by atoms with Crippen LogP contribution in [0.1, 0.15) is 54.4 Å². The van der Waals surface area contributed by atoms with Crippen molar-refractivity contribution < 1.29 is 67.6 Å². The molecule has 0 radical (unpaired) electrons. The molecule has 2 unspecified atom stereocenters. The van der Waals surface area contributed by atoms with Gasteiger partial charge in [-0.3, -0.25) is 4.79 Å². The number of carbonyl (C=O) groups is 3. The highest BCUT2D eigenvalue weighted by Gasteiger charge is 2.96. The molecular formula is C34H44O14. The minimum Gasteiger partial charge on any atom is -0.469 e. The zero-order chi connectivity index (χ0) is 34.6. The summed E-state index contributed by atoms with van der Waals surface area (Å²) in [5.74, 6) is -7.58. The van der Waals surface area contributed by atoms with Crippen molar-refractivity contribution in [1.82, 2.24) is 0 Å². The number of aliphatic hydroxyl groups is 3. The maximum Gasteiger partial charge on any atom is 0.366 e. The van der Waals surface area contributed by atoms with Gasteiger partial charge in [0.1, 0.15) is 23.4 Å². The van der Waals surface area contributed by atoms with Crippen LogP contribution in [0.15, 0.2) is 24.0 Å². The Labute approximate surface area is 277 Å². The Morgan fingerprint density at radius 2 is 1.75 bits per heavy atom. The third-order valence-corrected chi connectivity index (χ3v) is 14.0. The van der Waals surface area contributed by atoms with Crippen molar-refractivity contribution in [3.63, 3.8) is 0 Å². The van der Waals surface area contributed by atoms with Crippen molar-refractivity contribution in [2.75, 3.05) is 20.3 Å². The van der Waals surface area contributed by atoms with Gasteiger partial charge >= 0.3 is 17.9 Å². The SMILES string of the molecule is C/C=C(\C)C(=O)O[C@H]1C[C@@H](OC(C)=O)[C@@]2(C)CO[C@H]3[C@@H]2C12CO[C@](O)(C(=O)OC)[C@H]2[C@](C)([C@]12O[C@@]1(C)[C@@H]1CC2O[C@@H]2OC=C[C@@]21O)[C@@H]3O. The molecule has 0 amide bonds. The van der Waals surface area contributed by atoms with E-state index in [2.05, 4.69) is 0 Å². The third kappa shape index (κ3) is 3.32. The molecule has 5 heterocycles. The summed E-state index contributed by atoms with van der Waals surface area (Å²) in [6.07, 6.45) is -1.21. The quantitative estimate of drug-likeness (QED) is 0.159. The topological polar surface area (TPSA) is 189 Å². The number of ether oxygens (including phenoxy) is 8. The van der Waals surface area contributed by atoms with Gasteiger partial charge in [-0.25, -0.2) is 9.59 Å². The van der Waals surface area contributed by atoms with Crippen LogP contribution >= 0.6 is 0 Å². The summed E-state index contributed by atoms with van der Waals surface area (Å²) in [5.41, 5.74) is -7.75. The first-order valence-electron chi connectivity index (χ1n) is 16.6. The first-order chi connectivity index (χ1) is 22.5. The molecule has 0 aromatic carbocycles. The molecule has 8 rings (SSSR count). The van der Waals surface area contributed by atoms with Gasteiger partial charge in [-0.15, -0.1) is 0 Å². The first kappa shape index (κ1) is 32.6. The fraction of sp³-hybridized carbons (Fsp3) is 0.794. The van der Waals surface area contributed by atoms with Crippen molar-refractivity contribution in [2.45, 2.75) is 114 Å². The van der Waals surface area contributed by atoms with E-state index in [0.717, 1.165) is 7.11 Å². The van der Waals surface area contributed by atoms with Gasteiger partial charge in [-0.1, -0.05) is 19.9 Å². The van der Waals surface area contributed by atoms with E-state index in [9.17, 15) is 29.7 Å². The molecule has 14 nitrogen and oxygen atoms in total. The second-order valence-electron chi connectivity index (χ2n) is 15.7. The van der Waals surface area contributed by atoms with Crippen LogP contribution in [0.5, 0.6) is 0 Å². The Hall–Kier alpha value is -2.59. The molecule has 3 N–H and O–H groups in total. The molecule has 2 bridgehead atoms. The fourth-order valence-electron chi connectivity index (χ4n) is 12.0. The number of epoxide rings is 1. The molecule has 0 aromatic rings. The van der Waals surface area contributed by atoms with Crippen LogP contribution in [0.2, 0.25) is 0 Å². The molecule has 4 saturated heterocycles. The number of esters is 3. The number of rotatable bonds is 5. The summed E-state index contributed by atoms with van der Waals surface area (Å²) in [4.78, 5) is 39.8. The molecule has 5 aliphatic heterocycles. The molecule has 7 fully saturated rings. The number of methoxy groups -OCH3 is 1. The summed E-state index contributed by atoms with van der Waals surface area (Å²) in [6, 6.07) is 0. The summed E-state index contributed by atoms with van der Waals surface area (Å²) < 4.78 is 48.9. The maximum absolute atomic E-state index is 13.8. The molecule has 48 heavy (non-hydrogen) atoms. The van der Waals surface area contributed by atoms with E-state index >= 15 is 0 Å². The standard InChI is InChI=1S/C34H44O14/c1-8-15(2)24(37)46-19-12-18(45-16(3)35)28(4)13-43-21-22(28)31(19)14-44-33(40,26(38)41-7)25(31)29(5,23(21)36)34-20-11-17(30(34,6)48-34)32(39)9-10-42-27(32)47-20/h8-10,17-23,25,27,36,39-40H,11-14H2,1-7H3/b15-8+/t17-,18+,19-,20?,21-,22-,23+,25-,27-,28+,29+,30-,31?,32-,33-,34-/m0/s1. The van der Waals surface area contributed by atoms with E-state index in [1.54, 1.807) is 32.9 Å². The van der Waals surface area contributed by atoms with Crippen LogP contribution in [0.4, 0.5) is 0 Å². The lowest BCUT2D eigenvalue weighted by molar-refractivity contribution is -0.314. The van der Waals surface area contributed by atoms with Gasteiger partial charge in [0.25, 0.3) is 5.79 Å². The van der Waals surface area contributed by atoms with Crippen LogP contribution < -0.4 is 0 Å². The van der Waals surface area contributed by atoms with Crippen LogP contribution in [0.25, 0.3) is 0 Å². The number of hydrogen-bond donors (Lipinski definition) is 3. The Morgan fingerprint density at radius 3 is 2.42 bits per heavy atom. The van der Waals surface area contributed by atoms with Crippen molar-refractivity contribution in [3.05, 3.63) is 24.0 Å². The minimum atomic E-state index is -2.66. The summed E-state index contributed by atoms with van der Waals surface area (Å²) >= 11 is 0. The van der Waals surface area contributed by atoms with E-state index in [0.29, 0.717) is 12.0 Å². The number of aliphatic hydroxyl groups excluding tert-OH is 1. The normalized spacial score (nSPS) is 56.7. The predicted molar refractivity (Wildman–Crippen MR) is 158 cm³/mol. The minimum absolute atomic E-state index is 0.00280. The van der Waals surface area contributed by atoms with Crippen molar-refractivity contribution in [3.8, 4) is 0 Å². The molecule has 0 aromatic heterocycles. The van der Waals surface area contributed by atoms with Gasteiger partial charge < -0.3 is 53.2 Å². The van der Waals surface area contributed by atoms with Crippen LogP contribution in [0.3, 0.4) is 0 Å². The summed E-state index contributed by atoms with van der Waals surface area (Å²) in [5, 5.41) is 37.2. The van der Waals surface area contributed by atoms with Gasteiger partial charge in [0, 0.05) is 52.9 Å². The third-order valence-electron chi connectivity index (χ3n) is 14.0. The number of hydrogen-bond acceptors (Lipinski definition) is 14. The highest BCUT2D eigenvalue weighted by atomic mass is 16.7. The summed E-state index contributed by atoms with van der Waals surface area (Å²) in [6.45, 7) is 9.81. The Morgan fingerprint density at radius 1 is 1.02 bits per heavy atom. The Kier molecular flexibility index (Phi) is 6.52. The van der Waals surface area contributed by atoms with E-state index in [1.807, 2.05) is 13.8 Å². The van der Waals surface area contributed by atoms with E-state index < -0.39 is 111 Å². The van der Waals surface area contributed by atoms with Crippen LogP contribution in [0, 0.1) is 34.0 Å². The van der Waals surface area contributed by atoms with Gasteiger partial charge in [-0.05, 0) is 33.3 Å². The highest BCUT2D eigenvalue weighted by molar-refractivity contribution is 5.88. The Bertz CT molecular complexity index is 1540. The average Bonchev–Trinajstić information content (AvgIpc) is 3.37. The number of carbonyl (C=O) groups excluding carboxylic acids is 3. The molecule has 3 aliphatic carbocycles. The Balaban J connectivity index is 1.37. The second-order valence-corrected chi connectivity index (χ2v) is 15.7.